The lowest BCUT2D eigenvalue weighted by atomic mass is 10.1. The molecule has 2 aromatic rings. The second kappa shape index (κ2) is 5.63. The van der Waals surface area contributed by atoms with E-state index in [-0.39, 0.29) is 0 Å². The van der Waals surface area contributed by atoms with E-state index in [4.69, 9.17) is 5.73 Å². The van der Waals surface area contributed by atoms with E-state index in [1.165, 1.54) is 11.1 Å². The average Bonchev–Trinajstić information content (AvgIpc) is 2.73. The lowest BCUT2D eigenvalue weighted by Gasteiger charge is -2.08. The summed E-state index contributed by atoms with van der Waals surface area (Å²) < 4.78 is 2.86. The number of aryl methyl sites for hydroxylation is 3. The van der Waals surface area contributed by atoms with Gasteiger partial charge >= 0.3 is 0 Å². The van der Waals surface area contributed by atoms with Crippen LogP contribution in [-0.4, -0.2) is 21.5 Å². The Morgan fingerprint density at radius 3 is 2.78 bits per heavy atom. The van der Waals surface area contributed by atoms with Crippen molar-refractivity contribution in [2.45, 2.75) is 26.7 Å². The molecule has 0 aliphatic rings. The van der Waals surface area contributed by atoms with E-state index < -0.39 is 0 Å². The quantitative estimate of drug-likeness (QED) is 0.944. The Kier molecular flexibility index (Phi) is 4.14. The first-order valence-corrected chi connectivity index (χ1v) is 6.79. The van der Waals surface area contributed by atoms with Gasteiger partial charge in [0.1, 0.15) is 0 Å². The first-order chi connectivity index (χ1) is 8.61. The van der Waals surface area contributed by atoms with Gasteiger partial charge in [-0.25, -0.2) is 4.68 Å². The third-order valence-corrected chi connectivity index (χ3v) is 3.41. The fourth-order valence-electron chi connectivity index (χ4n) is 2.00. The van der Waals surface area contributed by atoms with Crippen LogP contribution < -0.4 is 5.73 Å². The first kappa shape index (κ1) is 13.2. The van der Waals surface area contributed by atoms with Crippen LogP contribution in [0, 0.1) is 13.8 Å². The molecule has 0 fully saturated rings. The normalized spacial score (nSPS) is 10.9. The summed E-state index contributed by atoms with van der Waals surface area (Å²) >= 11 is 3.59. The van der Waals surface area contributed by atoms with Crippen LogP contribution in [0.4, 0.5) is 0 Å². The second-order valence-electron chi connectivity index (χ2n) is 4.46. The van der Waals surface area contributed by atoms with Crippen LogP contribution in [0.3, 0.4) is 0 Å². The number of nitrogens with zero attached hydrogens (tertiary/aromatic N) is 3. The largest absolute Gasteiger partial charge is 0.330 e. The summed E-state index contributed by atoms with van der Waals surface area (Å²) in [6.07, 6.45) is 3.78. The Morgan fingerprint density at radius 1 is 1.33 bits per heavy atom. The van der Waals surface area contributed by atoms with Gasteiger partial charge < -0.3 is 5.73 Å². The summed E-state index contributed by atoms with van der Waals surface area (Å²) in [5.74, 6) is 0. The fourth-order valence-corrected chi connectivity index (χ4v) is 2.86. The van der Waals surface area contributed by atoms with Crippen LogP contribution in [0.2, 0.25) is 0 Å². The summed E-state index contributed by atoms with van der Waals surface area (Å²) in [6, 6.07) is 4.23. The van der Waals surface area contributed by atoms with Crippen molar-refractivity contribution >= 4 is 15.9 Å². The maximum atomic E-state index is 5.50. The minimum atomic E-state index is 0.681. The van der Waals surface area contributed by atoms with Crippen molar-refractivity contribution < 1.29 is 0 Å². The second-order valence-corrected chi connectivity index (χ2v) is 5.31. The predicted octanol–water partition coefficient (Wildman–Crippen LogP) is 2.54. The Bertz CT molecular complexity index is 525. The number of hydrogen-bond acceptors (Lipinski definition) is 3. The van der Waals surface area contributed by atoms with Crippen LogP contribution in [0.1, 0.15) is 23.2 Å². The molecule has 0 radical (unpaired) electrons. The molecular formula is C13H17BrN4. The topological polar surface area (TPSA) is 56.7 Å². The Labute approximate surface area is 115 Å². The maximum absolute atomic E-state index is 5.50. The lowest BCUT2D eigenvalue weighted by Crippen LogP contribution is -2.00. The molecule has 0 saturated heterocycles. The van der Waals surface area contributed by atoms with Gasteiger partial charge in [-0.05, 0) is 66.4 Å². The molecule has 2 rings (SSSR count). The molecule has 96 valence electrons. The molecule has 2 N–H and O–H groups in total. The SMILES string of the molecule is Cc1cc(C)c(-n2cc(CCCN)nn2)c(Br)c1. The molecule has 0 atom stereocenters. The molecule has 0 aliphatic heterocycles. The van der Waals surface area contributed by atoms with Crippen molar-refractivity contribution in [3.63, 3.8) is 0 Å². The third-order valence-electron chi connectivity index (χ3n) is 2.81. The number of nitrogens with two attached hydrogens (primary N) is 1. The molecule has 0 unspecified atom stereocenters. The van der Waals surface area contributed by atoms with Crippen LogP contribution in [0.15, 0.2) is 22.8 Å². The van der Waals surface area contributed by atoms with Gasteiger partial charge in [0, 0.05) is 4.47 Å². The van der Waals surface area contributed by atoms with E-state index in [0.717, 1.165) is 28.7 Å². The van der Waals surface area contributed by atoms with Gasteiger partial charge in [-0.2, -0.15) is 0 Å². The zero-order valence-electron chi connectivity index (χ0n) is 10.7. The van der Waals surface area contributed by atoms with Crippen molar-refractivity contribution in [2.24, 2.45) is 5.73 Å². The van der Waals surface area contributed by atoms with E-state index in [9.17, 15) is 0 Å². The first-order valence-electron chi connectivity index (χ1n) is 6.00. The maximum Gasteiger partial charge on any atom is 0.0834 e. The molecule has 0 amide bonds. The van der Waals surface area contributed by atoms with Crippen LogP contribution in [0.25, 0.3) is 5.69 Å². The van der Waals surface area contributed by atoms with E-state index in [2.05, 4.69) is 52.2 Å². The van der Waals surface area contributed by atoms with Gasteiger partial charge in [-0.15, -0.1) is 5.10 Å². The fraction of sp³-hybridized carbons (Fsp3) is 0.385. The van der Waals surface area contributed by atoms with Gasteiger partial charge in [0.2, 0.25) is 0 Å². The molecule has 0 aliphatic carbocycles. The van der Waals surface area contributed by atoms with Gasteiger partial charge in [-0.3, -0.25) is 0 Å². The van der Waals surface area contributed by atoms with Crippen LogP contribution in [0.5, 0.6) is 0 Å². The molecule has 0 bridgehead atoms. The molecule has 5 heteroatoms. The van der Waals surface area contributed by atoms with Crippen molar-refractivity contribution in [2.75, 3.05) is 6.54 Å². The monoisotopic (exact) mass is 308 g/mol. The standard InChI is InChI=1S/C13H17BrN4/c1-9-6-10(2)13(12(14)7-9)18-8-11(16-17-18)4-3-5-15/h6-8H,3-5,15H2,1-2H3. The van der Waals surface area contributed by atoms with Gasteiger partial charge in [0.15, 0.2) is 0 Å². The Balaban J connectivity index is 2.34. The summed E-state index contributed by atoms with van der Waals surface area (Å²) in [4.78, 5) is 0. The number of aromatic nitrogens is 3. The number of rotatable bonds is 4. The van der Waals surface area contributed by atoms with E-state index >= 15 is 0 Å². The molecule has 1 heterocycles. The van der Waals surface area contributed by atoms with E-state index in [1.807, 2.05) is 10.9 Å². The summed E-state index contributed by atoms with van der Waals surface area (Å²) in [5, 5.41) is 8.36. The number of hydrogen-bond donors (Lipinski definition) is 1. The average molecular weight is 309 g/mol. The van der Waals surface area contributed by atoms with Gasteiger partial charge in [0.25, 0.3) is 0 Å². The molecule has 0 spiro atoms. The molecule has 1 aromatic carbocycles. The minimum absolute atomic E-state index is 0.681. The van der Waals surface area contributed by atoms with Crippen LogP contribution in [-0.2, 0) is 6.42 Å². The van der Waals surface area contributed by atoms with Crippen LogP contribution >= 0.6 is 15.9 Å². The van der Waals surface area contributed by atoms with Crippen molar-refractivity contribution in [3.05, 3.63) is 39.6 Å². The summed E-state index contributed by atoms with van der Waals surface area (Å²) in [5.41, 5.74) is 9.93. The lowest BCUT2D eigenvalue weighted by molar-refractivity contribution is 0.775. The van der Waals surface area contributed by atoms with Crippen molar-refractivity contribution in [1.82, 2.24) is 15.0 Å². The van der Waals surface area contributed by atoms with Gasteiger partial charge in [-0.1, -0.05) is 11.3 Å². The highest BCUT2D eigenvalue weighted by molar-refractivity contribution is 9.10. The molecular weight excluding hydrogens is 292 g/mol. The van der Waals surface area contributed by atoms with Crippen molar-refractivity contribution in [3.8, 4) is 5.69 Å². The minimum Gasteiger partial charge on any atom is -0.330 e. The van der Waals surface area contributed by atoms with Gasteiger partial charge in [0.05, 0.1) is 17.6 Å². The predicted molar refractivity (Wildman–Crippen MR) is 75.9 cm³/mol. The Morgan fingerprint density at radius 2 is 2.11 bits per heavy atom. The van der Waals surface area contributed by atoms with Crippen molar-refractivity contribution in [1.29, 1.82) is 0 Å². The third kappa shape index (κ3) is 2.79. The zero-order chi connectivity index (χ0) is 13.1. The summed E-state index contributed by atoms with van der Waals surface area (Å²) in [6.45, 7) is 4.84. The highest BCUT2D eigenvalue weighted by Gasteiger charge is 2.09. The Hall–Kier alpha value is -1.20. The number of benzene rings is 1. The number of halogens is 1. The molecule has 18 heavy (non-hydrogen) atoms. The smallest absolute Gasteiger partial charge is 0.0834 e. The molecule has 1 aromatic heterocycles. The molecule has 4 nitrogen and oxygen atoms in total. The van der Waals surface area contributed by atoms with E-state index in [0.29, 0.717) is 6.54 Å². The zero-order valence-corrected chi connectivity index (χ0v) is 12.2. The summed E-state index contributed by atoms with van der Waals surface area (Å²) in [7, 11) is 0. The highest BCUT2D eigenvalue weighted by Crippen LogP contribution is 2.25. The van der Waals surface area contributed by atoms with E-state index in [1.54, 1.807) is 0 Å². The molecule has 0 saturated carbocycles. The highest BCUT2D eigenvalue weighted by atomic mass is 79.9.